The summed E-state index contributed by atoms with van der Waals surface area (Å²) in [5.74, 6) is -0.446. The lowest BCUT2D eigenvalue weighted by molar-refractivity contribution is -0.122. The first-order chi connectivity index (χ1) is 7.79. The van der Waals surface area contributed by atoms with E-state index in [1.165, 1.54) is 4.90 Å². The van der Waals surface area contributed by atoms with Gasteiger partial charge in [0.15, 0.2) is 0 Å². The lowest BCUT2D eigenvalue weighted by atomic mass is 10.00. The molecule has 2 heterocycles. The molecule has 82 valence electrons. The summed E-state index contributed by atoms with van der Waals surface area (Å²) >= 11 is 0. The number of amides is 2. The van der Waals surface area contributed by atoms with E-state index in [0.29, 0.717) is 18.8 Å². The molecule has 3 rings (SSSR count). The Hall–Kier alpha value is -1.68. The highest BCUT2D eigenvalue weighted by Gasteiger charge is 2.50. The Bertz CT molecular complexity index is 422. The van der Waals surface area contributed by atoms with Crippen molar-refractivity contribution in [3.8, 4) is 0 Å². The number of benzene rings is 1. The molecule has 0 spiro atoms. The number of anilines is 1. The van der Waals surface area contributed by atoms with E-state index >= 15 is 0 Å². The van der Waals surface area contributed by atoms with Gasteiger partial charge in [-0.25, -0.2) is 4.90 Å². The molecule has 2 atom stereocenters. The maximum atomic E-state index is 12.1. The van der Waals surface area contributed by atoms with Crippen LogP contribution in [0.5, 0.6) is 0 Å². The van der Waals surface area contributed by atoms with Crippen molar-refractivity contribution < 1.29 is 9.59 Å². The van der Waals surface area contributed by atoms with Crippen LogP contribution in [0.15, 0.2) is 30.3 Å². The smallest absolute Gasteiger partial charge is 0.239 e. The summed E-state index contributed by atoms with van der Waals surface area (Å²) in [5, 5.41) is 3.09. The van der Waals surface area contributed by atoms with E-state index in [1.807, 2.05) is 18.2 Å². The number of hydrogen-bond acceptors (Lipinski definition) is 3. The first kappa shape index (κ1) is 9.54. The van der Waals surface area contributed by atoms with Crippen molar-refractivity contribution in [2.24, 2.45) is 11.8 Å². The molecule has 2 saturated heterocycles. The van der Waals surface area contributed by atoms with Crippen molar-refractivity contribution in [2.75, 3.05) is 18.0 Å². The van der Waals surface area contributed by atoms with Gasteiger partial charge in [0.1, 0.15) is 0 Å². The summed E-state index contributed by atoms with van der Waals surface area (Å²) in [6.45, 7) is 1.25. The summed E-state index contributed by atoms with van der Waals surface area (Å²) in [4.78, 5) is 25.5. The summed E-state index contributed by atoms with van der Waals surface area (Å²) in [6, 6.07) is 9.13. The fourth-order valence-corrected chi connectivity index (χ4v) is 2.47. The quantitative estimate of drug-likeness (QED) is 0.691. The van der Waals surface area contributed by atoms with Gasteiger partial charge < -0.3 is 5.32 Å². The van der Waals surface area contributed by atoms with Gasteiger partial charge >= 0.3 is 0 Å². The zero-order chi connectivity index (χ0) is 11.1. The standard InChI is InChI=1S/C12H12N2O2/c15-11-9-6-13-7-10(9)12(16)14(11)8-4-2-1-3-5-8/h1-5,9-10,13H,6-7H2/t9-,10+. The third kappa shape index (κ3) is 1.20. The van der Waals surface area contributed by atoms with Gasteiger partial charge in [0.25, 0.3) is 0 Å². The highest BCUT2D eigenvalue weighted by atomic mass is 16.2. The molecule has 16 heavy (non-hydrogen) atoms. The first-order valence-corrected chi connectivity index (χ1v) is 5.42. The second-order valence-electron chi connectivity index (χ2n) is 4.22. The topological polar surface area (TPSA) is 49.4 Å². The van der Waals surface area contributed by atoms with Gasteiger partial charge in [-0.3, -0.25) is 9.59 Å². The van der Waals surface area contributed by atoms with Crippen molar-refractivity contribution in [2.45, 2.75) is 0 Å². The van der Waals surface area contributed by atoms with Gasteiger partial charge in [0.2, 0.25) is 11.8 Å². The van der Waals surface area contributed by atoms with E-state index in [1.54, 1.807) is 12.1 Å². The minimum Gasteiger partial charge on any atom is -0.315 e. The fourth-order valence-electron chi connectivity index (χ4n) is 2.47. The molecule has 0 saturated carbocycles. The van der Waals surface area contributed by atoms with Gasteiger partial charge in [-0.1, -0.05) is 18.2 Å². The maximum absolute atomic E-state index is 12.1. The molecule has 0 radical (unpaired) electrons. The molecule has 1 aromatic rings. The number of rotatable bonds is 1. The van der Waals surface area contributed by atoms with Crippen LogP contribution < -0.4 is 10.2 Å². The molecule has 2 aliphatic rings. The SMILES string of the molecule is O=C1[C@H]2CNC[C@H]2C(=O)N1c1ccccc1. The molecule has 4 heteroatoms. The van der Waals surface area contributed by atoms with Crippen molar-refractivity contribution >= 4 is 17.5 Å². The number of para-hydroxylation sites is 1. The number of fused-ring (bicyclic) bond motifs is 1. The third-order valence-electron chi connectivity index (χ3n) is 3.30. The van der Waals surface area contributed by atoms with Gasteiger partial charge in [-0.2, -0.15) is 0 Å². The van der Waals surface area contributed by atoms with Crippen molar-refractivity contribution in [3.63, 3.8) is 0 Å². The average Bonchev–Trinajstić information content (AvgIpc) is 2.86. The molecule has 1 aromatic carbocycles. The fraction of sp³-hybridized carbons (Fsp3) is 0.333. The molecule has 2 fully saturated rings. The van der Waals surface area contributed by atoms with Crippen LogP contribution in [-0.4, -0.2) is 24.9 Å². The number of carbonyl (C=O) groups excluding carboxylic acids is 2. The molecule has 0 unspecified atom stereocenters. The van der Waals surface area contributed by atoms with Crippen molar-refractivity contribution in [1.29, 1.82) is 0 Å². The normalized spacial score (nSPS) is 28.6. The van der Waals surface area contributed by atoms with E-state index in [9.17, 15) is 9.59 Å². The van der Waals surface area contributed by atoms with E-state index < -0.39 is 0 Å². The van der Waals surface area contributed by atoms with Crippen LogP contribution in [0.4, 0.5) is 5.69 Å². The third-order valence-corrected chi connectivity index (χ3v) is 3.30. The minimum atomic E-state index is -0.160. The maximum Gasteiger partial charge on any atom is 0.239 e. The molecule has 1 N–H and O–H groups in total. The molecular weight excluding hydrogens is 204 g/mol. The van der Waals surface area contributed by atoms with Crippen LogP contribution >= 0.6 is 0 Å². The number of carbonyl (C=O) groups is 2. The van der Waals surface area contributed by atoms with Crippen LogP contribution in [0.3, 0.4) is 0 Å². The predicted molar refractivity (Wildman–Crippen MR) is 58.8 cm³/mol. The summed E-state index contributed by atoms with van der Waals surface area (Å²) < 4.78 is 0. The van der Waals surface area contributed by atoms with Crippen LogP contribution in [0.25, 0.3) is 0 Å². The van der Waals surface area contributed by atoms with Crippen LogP contribution in [0.2, 0.25) is 0 Å². The second kappa shape index (κ2) is 3.42. The van der Waals surface area contributed by atoms with E-state index in [0.717, 1.165) is 0 Å². The highest BCUT2D eigenvalue weighted by Crippen LogP contribution is 2.32. The van der Waals surface area contributed by atoms with Gasteiger partial charge in [0, 0.05) is 13.1 Å². The van der Waals surface area contributed by atoms with Gasteiger partial charge in [0.05, 0.1) is 17.5 Å². The van der Waals surface area contributed by atoms with Gasteiger partial charge in [-0.05, 0) is 12.1 Å². The Labute approximate surface area is 93.2 Å². The lowest BCUT2D eigenvalue weighted by Crippen LogP contribution is -2.34. The van der Waals surface area contributed by atoms with Crippen molar-refractivity contribution in [1.82, 2.24) is 5.32 Å². The average molecular weight is 216 g/mol. The molecule has 0 aromatic heterocycles. The Kier molecular flexibility index (Phi) is 2.04. The predicted octanol–water partition coefficient (Wildman–Crippen LogP) is 0.395. The Balaban J connectivity index is 1.98. The zero-order valence-corrected chi connectivity index (χ0v) is 8.72. The lowest BCUT2D eigenvalue weighted by Gasteiger charge is -2.15. The molecule has 2 aliphatic heterocycles. The Morgan fingerprint density at radius 1 is 1.00 bits per heavy atom. The number of nitrogens with one attached hydrogen (secondary N) is 1. The summed E-state index contributed by atoms with van der Waals surface area (Å²) in [6.07, 6.45) is 0. The van der Waals surface area contributed by atoms with Crippen molar-refractivity contribution in [3.05, 3.63) is 30.3 Å². The summed E-state index contributed by atoms with van der Waals surface area (Å²) in [7, 11) is 0. The van der Waals surface area contributed by atoms with Gasteiger partial charge in [-0.15, -0.1) is 0 Å². The second-order valence-corrected chi connectivity index (χ2v) is 4.22. The highest BCUT2D eigenvalue weighted by molar-refractivity contribution is 6.22. The van der Waals surface area contributed by atoms with Crippen LogP contribution in [0.1, 0.15) is 0 Å². The molecule has 2 amide bonds. The van der Waals surface area contributed by atoms with E-state index in [-0.39, 0.29) is 23.7 Å². The molecule has 0 bridgehead atoms. The largest absolute Gasteiger partial charge is 0.315 e. The van der Waals surface area contributed by atoms with Crippen LogP contribution in [0, 0.1) is 11.8 Å². The molecular formula is C12H12N2O2. The van der Waals surface area contributed by atoms with E-state index in [2.05, 4.69) is 5.32 Å². The number of imide groups is 1. The summed E-state index contributed by atoms with van der Waals surface area (Å²) in [5.41, 5.74) is 0.687. The molecule has 0 aliphatic carbocycles. The molecule has 4 nitrogen and oxygen atoms in total. The number of hydrogen-bond donors (Lipinski definition) is 1. The number of nitrogens with zero attached hydrogens (tertiary/aromatic N) is 1. The first-order valence-electron chi connectivity index (χ1n) is 5.42. The Morgan fingerprint density at radius 3 is 2.12 bits per heavy atom. The Morgan fingerprint density at radius 2 is 1.56 bits per heavy atom. The zero-order valence-electron chi connectivity index (χ0n) is 8.72. The van der Waals surface area contributed by atoms with Crippen LogP contribution in [-0.2, 0) is 9.59 Å². The monoisotopic (exact) mass is 216 g/mol. The van der Waals surface area contributed by atoms with E-state index in [4.69, 9.17) is 0 Å². The minimum absolute atomic E-state index is 0.0637.